The normalized spacial score (nSPS) is 8.57. The summed E-state index contributed by atoms with van der Waals surface area (Å²) < 4.78 is 16.7. The summed E-state index contributed by atoms with van der Waals surface area (Å²) in [7, 11) is 3.33. The summed E-state index contributed by atoms with van der Waals surface area (Å²) in [5, 5.41) is 11.1. The van der Waals surface area contributed by atoms with Crippen LogP contribution in [0.25, 0.3) is 56.4 Å². The van der Waals surface area contributed by atoms with E-state index < -0.39 is 0 Å². The van der Waals surface area contributed by atoms with E-state index in [1.165, 1.54) is 12.8 Å². The molecule has 7 heteroatoms. The number of hydrogen-bond acceptors (Lipinski definition) is 7. The van der Waals surface area contributed by atoms with Gasteiger partial charge in [-0.05, 0) is 174 Å². The Balaban J connectivity index is 0.000000340. The Bertz CT molecular complexity index is 3400. The van der Waals surface area contributed by atoms with Gasteiger partial charge in [-0.2, -0.15) is 0 Å². The van der Waals surface area contributed by atoms with Crippen molar-refractivity contribution in [2.45, 2.75) is 46.5 Å². The zero-order chi connectivity index (χ0) is 50.9. The fraction of sp³-hybridized carbons (Fsp3) is 0.154. The van der Waals surface area contributed by atoms with Gasteiger partial charge in [-0.15, -0.1) is 0 Å². The van der Waals surface area contributed by atoms with Crippen LogP contribution in [0.2, 0.25) is 0 Å². The van der Waals surface area contributed by atoms with E-state index in [1.807, 2.05) is 103 Å². The van der Waals surface area contributed by atoms with E-state index in [0.29, 0.717) is 35.4 Å². The molecule has 0 aliphatic rings. The van der Waals surface area contributed by atoms with E-state index in [-0.39, 0.29) is 5.75 Å². The van der Waals surface area contributed by atoms with Crippen molar-refractivity contribution in [3.63, 3.8) is 0 Å². The second kappa shape index (κ2) is 30.7. The molecule has 0 fully saturated rings. The number of phenols is 1. The predicted octanol–water partition coefficient (Wildman–Crippen LogP) is 11.0. The van der Waals surface area contributed by atoms with Gasteiger partial charge < -0.3 is 19.3 Å². The van der Waals surface area contributed by atoms with Crippen LogP contribution >= 0.6 is 0 Å². The van der Waals surface area contributed by atoms with Crippen LogP contribution in [0.5, 0.6) is 23.0 Å². The average Bonchev–Trinajstić information content (AvgIpc) is 3.42. The molecule has 1 heterocycles. The van der Waals surface area contributed by atoms with Gasteiger partial charge >= 0.3 is 0 Å². The fourth-order valence-electron chi connectivity index (χ4n) is 6.18. The minimum absolute atomic E-state index is 0.0471. The maximum atomic E-state index is 11.1. The summed E-state index contributed by atoms with van der Waals surface area (Å²) in [5.41, 5.74) is 6.33. The summed E-state index contributed by atoms with van der Waals surface area (Å²) in [5.74, 6) is 59.2. The van der Waals surface area contributed by atoms with E-state index in [1.54, 1.807) is 40.2 Å². The van der Waals surface area contributed by atoms with E-state index in [0.717, 1.165) is 57.7 Å². The molecule has 72 heavy (non-hydrogen) atoms. The highest BCUT2D eigenvalue weighted by Gasteiger charge is 2.16. The number of hydrogen-bond donors (Lipinski definition) is 1. The SMILES string of the molecule is CC#CC#CC#CC#CC#CC#CC#CC#CC#CC#CC#CC.CCCCCCOc1ccc(-c2nc(-c3ccc(-c4cccc(OC)c4)cc3)nc(-c3ccc(-c4cccc(OC)c4)cc3)n2)c(O)c1. The second-order valence-corrected chi connectivity index (χ2v) is 14.5. The molecule has 0 amide bonds. The Kier molecular flexibility index (Phi) is 22.4. The van der Waals surface area contributed by atoms with Gasteiger partial charge in [-0.25, -0.2) is 15.0 Å². The molecule has 0 radical (unpaired) electrons. The smallest absolute Gasteiger partial charge is 0.167 e. The lowest BCUT2D eigenvalue weighted by Crippen LogP contribution is -2.01. The first-order chi connectivity index (χ1) is 35.5. The van der Waals surface area contributed by atoms with Gasteiger partial charge in [0.15, 0.2) is 17.5 Å². The van der Waals surface area contributed by atoms with Crippen LogP contribution in [0.3, 0.4) is 0 Å². The molecule has 6 aromatic rings. The summed E-state index contributed by atoms with van der Waals surface area (Å²) in [4.78, 5) is 14.6. The molecule has 5 aromatic carbocycles. The van der Waals surface area contributed by atoms with E-state index in [2.05, 4.69) is 137 Å². The van der Waals surface area contributed by atoms with Crippen LogP contribution in [0, 0.1) is 130 Å². The molecular weight excluding hydrogens is 887 g/mol. The Morgan fingerprint density at radius 1 is 0.389 bits per heavy atom. The van der Waals surface area contributed by atoms with Crippen molar-refractivity contribution in [1.29, 1.82) is 0 Å². The Labute approximate surface area is 424 Å². The van der Waals surface area contributed by atoms with Crippen LogP contribution in [-0.2, 0) is 0 Å². The first-order valence-corrected chi connectivity index (χ1v) is 22.5. The molecule has 0 spiro atoms. The lowest BCUT2D eigenvalue weighted by atomic mass is 10.0. The lowest BCUT2D eigenvalue weighted by molar-refractivity contribution is 0.303. The number of unbranched alkanes of at least 4 members (excludes halogenated alkanes) is 3. The zero-order valence-electron chi connectivity index (χ0n) is 40.5. The predicted molar refractivity (Wildman–Crippen MR) is 288 cm³/mol. The van der Waals surface area contributed by atoms with Crippen molar-refractivity contribution in [1.82, 2.24) is 15.0 Å². The average molecular weight is 932 g/mol. The topological polar surface area (TPSA) is 86.6 Å². The van der Waals surface area contributed by atoms with Crippen LogP contribution in [0.4, 0.5) is 0 Å². The summed E-state index contributed by atoms with van der Waals surface area (Å²) >= 11 is 0. The number of ether oxygens (including phenoxy) is 3. The van der Waals surface area contributed by atoms with Crippen molar-refractivity contribution in [2.24, 2.45) is 0 Å². The summed E-state index contributed by atoms with van der Waals surface area (Å²) in [6, 6.07) is 37.4. The van der Waals surface area contributed by atoms with Crippen molar-refractivity contribution in [3.8, 4) is 210 Å². The molecule has 0 unspecified atom stereocenters. The van der Waals surface area contributed by atoms with Crippen LogP contribution < -0.4 is 14.2 Å². The molecule has 0 aliphatic carbocycles. The first kappa shape index (κ1) is 52.4. The maximum absolute atomic E-state index is 11.1. The first-order valence-electron chi connectivity index (χ1n) is 22.5. The number of aromatic hydroxyl groups is 1. The van der Waals surface area contributed by atoms with Crippen molar-refractivity contribution in [3.05, 3.63) is 115 Å². The van der Waals surface area contributed by atoms with Gasteiger partial charge in [0.1, 0.15) is 23.0 Å². The van der Waals surface area contributed by atoms with Gasteiger partial charge in [0.05, 0.1) is 26.4 Å². The van der Waals surface area contributed by atoms with E-state index >= 15 is 0 Å². The number of methoxy groups -OCH3 is 2. The van der Waals surface area contributed by atoms with Gasteiger partial charge in [0.25, 0.3) is 0 Å². The molecule has 0 saturated carbocycles. The summed E-state index contributed by atoms with van der Waals surface area (Å²) in [6.45, 7) is 6.19. The van der Waals surface area contributed by atoms with E-state index in [9.17, 15) is 5.11 Å². The lowest BCUT2D eigenvalue weighted by Gasteiger charge is -2.12. The molecule has 6 rings (SSSR count). The standard InChI is InChI=1S/C41H39N3O4.C24H6/c1-4-5-6-7-24-48-36-22-23-37(38(45)27-36)41-43-39(30-18-14-28(15-19-30)32-10-8-12-34(25-32)46-2)42-40(44-41)31-20-16-29(17-21-31)33-11-9-13-35(26-33)47-3;1-3-5-7-9-11-13-15-17-19-21-23-24-22-20-18-16-14-12-10-8-6-4-2/h8-23,25-27,45H,4-7,24H2,1-3H3;1-2H3. The van der Waals surface area contributed by atoms with E-state index in [4.69, 9.17) is 29.2 Å². The van der Waals surface area contributed by atoms with Gasteiger partial charge in [0.2, 0.25) is 0 Å². The number of rotatable bonds is 13. The molecule has 0 saturated heterocycles. The third-order valence-electron chi connectivity index (χ3n) is 9.64. The quantitative estimate of drug-likeness (QED) is 0.0912. The highest BCUT2D eigenvalue weighted by atomic mass is 16.5. The zero-order valence-corrected chi connectivity index (χ0v) is 40.5. The molecule has 1 N–H and O–H groups in total. The maximum Gasteiger partial charge on any atom is 0.167 e. The monoisotopic (exact) mass is 931 g/mol. The molecule has 1 aromatic heterocycles. The summed E-state index contributed by atoms with van der Waals surface area (Å²) in [6.07, 6.45) is 4.46. The van der Waals surface area contributed by atoms with Crippen molar-refractivity contribution in [2.75, 3.05) is 20.8 Å². The van der Waals surface area contributed by atoms with Crippen LogP contribution in [-0.4, -0.2) is 40.9 Å². The largest absolute Gasteiger partial charge is 0.507 e. The van der Waals surface area contributed by atoms with Crippen molar-refractivity contribution >= 4 is 0 Å². The highest BCUT2D eigenvalue weighted by Crippen LogP contribution is 2.34. The van der Waals surface area contributed by atoms with Crippen LogP contribution in [0.1, 0.15) is 46.5 Å². The third kappa shape index (κ3) is 17.9. The molecule has 0 bridgehead atoms. The van der Waals surface area contributed by atoms with Gasteiger partial charge in [-0.1, -0.05) is 111 Å². The Morgan fingerprint density at radius 2 is 0.778 bits per heavy atom. The molecule has 344 valence electrons. The van der Waals surface area contributed by atoms with Gasteiger partial charge in [-0.3, -0.25) is 0 Å². The third-order valence-corrected chi connectivity index (χ3v) is 9.64. The molecule has 0 aliphatic heterocycles. The Hall–Kier alpha value is -10.5. The number of aromatic nitrogens is 3. The second-order valence-electron chi connectivity index (χ2n) is 14.5. The van der Waals surface area contributed by atoms with Crippen LogP contribution in [0.15, 0.2) is 115 Å². The van der Waals surface area contributed by atoms with Gasteiger partial charge in [0, 0.05) is 40.9 Å². The minimum Gasteiger partial charge on any atom is -0.507 e. The molecule has 7 nitrogen and oxygen atoms in total. The number of benzene rings is 5. The molecular formula is C65H45N3O4. The molecule has 0 atom stereocenters. The highest BCUT2D eigenvalue weighted by molar-refractivity contribution is 5.74. The van der Waals surface area contributed by atoms with Crippen molar-refractivity contribution < 1.29 is 19.3 Å². The minimum atomic E-state index is 0.0471. The fourth-order valence-corrected chi connectivity index (χ4v) is 6.18. The number of nitrogens with zero attached hydrogens (tertiary/aromatic N) is 3. The number of phenolic OH excluding ortho intramolecular Hbond substituents is 1. The Morgan fingerprint density at radius 3 is 1.15 bits per heavy atom.